The molecule has 3 rings (SSSR count). The Bertz CT molecular complexity index is 1120. The van der Waals surface area contributed by atoms with Gasteiger partial charge in [0.05, 0.1) is 35.7 Å². The number of para-hydroxylation sites is 2. The zero-order valence-electron chi connectivity index (χ0n) is 17.4. The smallest absolute Gasteiger partial charge is 0.253 e. The molecule has 2 aromatic carbocycles. The molecule has 1 heterocycles. The van der Waals surface area contributed by atoms with Crippen LogP contribution in [0.2, 0.25) is 5.02 Å². The van der Waals surface area contributed by atoms with Gasteiger partial charge in [0.25, 0.3) is 5.91 Å². The van der Waals surface area contributed by atoms with E-state index in [-0.39, 0.29) is 24.1 Å². The van der Waals surface area contributed by atoms with E-state index < -0.39 is 0 Å². The number of amides is 2. The van der Waals surface area contributed by atoms with Gasteiger partial charge in [0.2, 0.25) is 5.91 Å². The number of methoxy groups -OCH3 is 1. The van der Waals surface area contributed by atoms with Crippen LogP contribution < -0.4 is 15.4 Å². The first-order chi connectivity index (χ1) is 15.5. The van der Waals surface area contributed by atoms with E-state index in [2.05, 4.69) is 27.4 Å². The van der Waals surface area contributed by atoms with Crippen molar-refractivity contribution < 1.29 is 14.3 Å². The molecule has 1 aromatic heterocycles. The molecule has 2 N–H and O–H groups in total. The maximum Gasteiger partial charge on any atom is 0.253 e. The van der Waals surface area contributed by atoms with Crippen LogP contribution in [0.4, 0.5) is 5.69 Å². The van der Waals surface area contributed by atoms with Crippen molar-refractivity contribution in [2.45, 2.75) is 18.2 Å². The van der Waals surface area contributed by atoms with Crippen LogP contribution in [-0.2, 0) is 17.9 Å². The molecule has 32 heavy (non-hydrogen) atoms. The molecule has 0 radical (unpaired) electrons. The number of halogens is 1. The average Bonchev–Trinajstić information content (AvgIpc) is 3.18. The van der Waals surface area contributed by atoms with Crippen molar-refractivity contribution in [1.29, 1.82) is 0 Å². The third-order valence-electron chi connectivity index (χ3n) is 4.34. The van der Waals surface area contributed by atoms with Crippen molar-refractivity contribution in [3.8, 4) is 5.75 Å². The van der Waals surface area contributed by atoms with Gasteiger partial charge in [-0.1, -0.05) is 53.7 Å². The van der Waals surface area contributed by atoms with Gasteiger partial charge in [0, 0.05) is 6.54 Å². The Morgan fingerprint density at radius 3 is 2.69 bits per heavy atom. The van der Waals surface area contributed by atoms with Crippen LogP contribution in [-0.4, -0.2) is 39.4 Å². The zero-order valence-corrected chi connectivity index (χ0v) is 18.9. The van der Waals surface area contributed by atoms with E-state index in [4.69, 9.17) is 16.3 Å². The molecule has 0 bridgehead atoms. The molecule has 0 aliphatic carbocycles. The van der Waals surface area contributed by atoms with Gasteiger partial charge < -0.3 is 19.9 Å². The number of hydrogen-bond acceptors (Lipinski definition) is 6. The highest BCUT2D eigenvalue weighted by atomic mass is 35.5. The number of anilines is 1. The van der Waals surface area contributed by atoms with E-state index in [0.717, 1.165) is 0 Å². The molecule has 0 aliphatic heterocycles. The van der Waals surface area contributed by atoms with E-state index in [1.165, 1.54) is 11.8 Å². The van der Waals surface area contributed by atoms with E-state index in [9.17, 15) is 9.59 Å². The lowest BCUT2D eigenvalue weighted by molar-refractivity contribution is -0.113. The monoisotopic (exact) mass is 471 g/mol. The van der Waals surface area contributed by atoms with Gasteiger partial charge in [0.15, 0.2) is 11.0 Å². The van der Waals surface area contributed by atoms with Crippen LogP contribution in [0.1, 0.15) is 16.2 Å². The SMILES string of the molecule is C=CCn1c(CNC(=O)c2ccccc2Cl)nnc1SCC(=O)Nc1ccccc1OC. The van der Waals surface area contributed by atoms with E-state index in [1.807, 2.05) is 12.1 Å². The molecule has 2 amide bonds. The highest BCUT2D eigenvalue weighted by Gasteiger charge is 2.16. The van der Waals surface area contributed by atoms with Gasteiger partial charge in [0.1, 0.15) is 5.75 Å². The van der Waals surface area contributed by atoms with Crippen molar-refractivity contribution in [3.63, 3.8) is 0 Å². The number of thioether (sulfide) groups is 1. The largest absolute Gasteiger partial charge is 0.495 e. The molecular formula is C22H22ClN5O3S. The van der Waals surface area contributed by atoms with Crippen LogP contribution in [0.25, 0.3) is 0 Å². The highest BCUT2D eigenvalue weighted by Crippen LogP contribution is 2.24. The summed E-state index contributed by atoms with van der Waals surface area (Å²) in [5.41, 5.74) is 0.975. The van der Waals surface area contributed by atoms with Crippen LogP contribution in [0, 0.1) is 0 Å². The first-order valence-electron chi connectivity index (χ1n) is 9.64. The Labute approximate surface area is 195 Å². The van der Waals surface area contributed by atoms with Gasteiger partial charge in [-0.25, -0.2) is 0 Å². The third-order valence-corrected chi connectivity index (χ3v) is 5.64. The quantitative estimate of drug-likeness (QED) is 0.345. The van der Waals surface area contributed by atoms with E-state index in [1.54, 1.807) is 54.2 Å². The van der Waals surface area contributed by atoms with Crippen molar-refractivity contribution in [2.75, 3.05) is 18.2 Å². The second-order valence-corrected chi connectivity index (χ2v) is 7.85. The predicted molar refractivity (Wildman–Crippen MR) is 125 cm³/mol. The molecule has 0 unspecified atom stereocenters. The normalized spacial score (nSPS) is 10.4. The zero-order chi connectivity index (χ0) is 22.9. The summed E-state index contributed by atoms with van der Waals surface area (Å²) in [5, 5.41) is 14.8. The molecule has 166 valence electrons. The fourth-order valence-electron chi connectivity index (χ4n) is 2.83. The number of ether oxygens (including phenoxy) is 1. The van der Waals surface area contributed by atoms with E-state index in [0.29, 0.717) is 39.5 Å². The summed E-state index contributed by atoms with van der Waals surface area (Å²) >= 11 is 7.31. The number of nitrogens with zero attached hydrogens (tertiary/aromatic N) is 3. The predicted octanol–water partition coefficient (Wildman–Crippen LogP) is 3.79. The maximum atomic E-state index is 12.4. The number of carbonyl (C=O) groups excluding carboxylic acids is 2. The lowest BCUT2D eigenvalue weighted by atomic mass is 10.2. The molecule has 3 aromatic rings. The number of carbonyl (C=O) groups is 2. The number of nitrogens with one attached hydrogen (secondary N) is 2. The standard InChI is InChI=1S/C22H22ClN5O3S/c1-3-12-28-19(13-24-21(30)15-8-4-5-9-16(15)23)26-27-22(28)32-14-20(29)25-17-10-6-7-11-18(17)31-2/h3-11H,1,12-14H2,2H3,(H,24,30)(H,25,29). The molecule has 0 fully saturated rings. The van der Waals surface area contributed by atoms with Gasteiger partial charge in [-0.05, 0) is 24.3 Å². The summed E-state index contributed by atoms with van der Waals surface area (Å²) in [7, 11) is 1.55. The number of hydrogen-bond donors (Lipinski definition) is 2. The van der Waals surface area contributed by atoms with Crippen LogP contribution >= 0.6 is 23.4 Å². The topological polar surface area (TPSA) is 98.1 Å². The van der Waals surface area contributed by atoms with Crippen LogP contribution in [0.5, 0.6) is 5.75 Å². The number of rotatable bonds is 10. The highest BCUT2D eigenvalue weighted by molar-refractivity contribution is 7.99. The molecule has 8 nitrogen and oxygen atoms in total. The van der Waals surface area contributed by atoms with Gasteiger partial charge in [-0.2, -0.15) is 0 Å². The van der Waals surface area contributed by atoms with Gasteiger partial charge in [-0.15, -0.1) is 16.8 Å². The molecule has 0 saturated heterocycles. The number of benzene rings is 2. The molecule has 0 saturated carbocycles. The average molecular weight is 472 g/mol. The second kappa shape index (κ2) is 11.4. The molecule has 0 aliphatic rings. The summed E-state index contributed by atoms with van der Waals surface area (Å²) < 4.78 is 7.04. The lowest BCUT2D eigenvalue weighted by Gasteiger charge is -2.11. The summed E-state index contributed by atoms with van der Waals surface area (Å²) in [5.74, 6) is 0.727. The minimum Gasteiger partial charge on any atom is -0.495 e. The fourth-order valence-corrected chi connectivity index (χ4v) is 3.82. The lowest BCUT2D eigenvalue weighted by Crippen LogP contribution is -2.25. The van der Waals surface area contributed by atoms with Crippen molar-refractivity contribution in [3.05, 3.63) is 77.6 Å². The number of allylic oxidation sites excluding steroid dienone is 1. The minimum atomic E-state index is -0.311. The minimum absolute atomic E-state index is 0.124. The number of aromatic nitrogens is 3. The van der Waals surface area contributed by atoms with E-state index >= 15 is 0 Å². The Hall–Kier alpha value is -3.30. The summed E-state index contributed by atoms with van der Waals surface area (Å²) in [6, 6.07) is 14.0. The van der Waals surface area contributed by atoms with Crippen molar-refractivity contribution >= 4 is 40.9 Å². The molecule has 10 heteroatoms. The first kappa shape index (κ1) is 23.4. The first-order valence-corrected chi connectivity index (χ1v) is 11.0. The molecule has 0 spiro atoms. The fraction of sp³-hybridized carbons (Fsp3) is 0.182. The van der Waals surface area contributed by atoms with Crippen molar-refractivity contribution in [1.82, 2.24) is 20.1 Å². The molecule has 0 atom stereocenters. The molecular weight excluding hydrogens is 450 g/mol. The third kappa shape index (κ3) is 5.89. The summed E-state index contributed by atoms with van der Waals surface area (Å²) in [6.07, 6.45) is 1.70. The van der Waals surface area contributed by atoms with Crippen LogP contribution in [0.15, 0.2) is 66.3 Å². The Balaban J connectivity index is 1.63. The van der Waals surface area contributed by atoms with Gasteiger partial charge in [-0.3, -0.25) is 9.59 Å². The van der Waals surface area contributed by atoms with Crippen LogP contribution in [0.3, 0.4) is 0 Å². The Kier molecular flexibility index (Phi) is 8.29. The second-order valence-electron chi connectivity index (χ2n) is 6.50. The summed E-state index contributed by atoms with van der Waals surface area (Å²) in [6.45, 7) is 4.34. The Morgan fingerprint density at radius 1 is 1.19 bits per heavy atom. The summed E-state index contributed by atoms with van der Waals surface area (Å²) in [4.78, 5) is 24.8. The van der Waals surface area contributed by atoms with Crippen molar-refractivity contribution in [2.24, 2.45) is 0 Å². The van der Waals surface area contributed by atoms with Gasteiger partial charge >= 0.3 is 0 Å². The Morgan fingerprint density at radius 2 is 1.94 bits per heavy atom. The maximum absolute atomic E-state index is 12.4.